The topological polar surface area (TPSA) is 62.0 Å². The SMILES string of the molecule is CC(C)CN(Cc1c(-c2ccccc2)noc1N1CCCCC1)C[C@H](O)COc1ccccc1. The van der Waals surface area contributed by atoms with Gasteiger partial charge in [-0.05, 0) is 37.3 Å². The first-order chi connectivity index (χ1) is 16.6. The van der Waals surface area contributed by atoms with Crippen molar-refractivity contribution < 1.29 is 14.4 Å². The van der Waals surface area contributed by atoms with Gasteiger partial charge in [-0.1, -0.05) is 67.5 Å². The second-order valence-electron chi connectivity index (χ2n) is 9.59. The van der Waals surface area contributed by atoms with Gasteiger partial charge in [0.25, 0.3) is 0 Å². The highest BCUT2D eigenvalue weighted by Gasteiger charge is 2.26. The van der Waals surface area contributed by atoms with Crippen LogP contribution in [0.15, 0.2) is 65.2 Å². The predicted octanol–water partition coefficient (Wildman–Crippen LogP) is 5.23. The van der Waals surface area contributed by atoms with E-state index in [-0.39, 0.29) is 6.61 Å². The molecule has 2 aromatic carbocycles. The van der Waals surface area contributed by atoms with E-state index in [0.29, 0.717) is 19.0 Å². The van der Waals surface area contributed by atoms with Gasteiger partial charge in [0.05, 0.1) is 5.56 Å². The number of hydrogen-bond acceptors (Lipinski definition) is 6. The van der Waals surface area contributed by atoms with E-state index in [2.05, 4.69) is 40.9 Å². The molecule has 1 aliphatic rings. The highest BCUT2D eigenvalue weighted by molar-refractivity contribution is 5.68. The van der Waals surface area contributed by atoms with Crippen molar-refractivity contribution >= 4 is 5.88 Å². The molecule has 3 aromatic rings. The Kier molecular flexibility index (Phi) is 8.61. The molecule has 1 N–H and O–H groups in total. The third-order valence-electron chi connectivity index (χ3n) is 6.12. The summed E-state index contributed by atoms with van der Waals surface area (Å²) in [6.45, 7) is 8.70. The van der Waals surface area contributed by atoms with Gasteiger partial charge in [-0.2, -0.15) is 0 Å². The second-order valence-corrected chi connectivity index (χ2v) is 9.59. The van der Waals surface area contributed by atoms with Gasteiger partial charge in [0.2, 0.25) is 5.88 Å². The minimum atomic E-state index is -0.600. The van der Waals surface area contributed by atoms with Crippen LogP contribution in [0.3, 0.4) is 0 Å². The molecule has 1 fully saturated rings. The molecular formula is C28H37N3O3. The van der Waals surface area contributed by atoms with E-state index in [9.17, 15) is 5.11 Å². The first kappa shape index (κ1) is 24.3. The van der Waals surface area contributed by atoms with Gasteiger partial charge in [-0.15, -0.1) is 0 Å². The maximum atomic E-state index is 10.8. The molecule has 1 saturated heterocycles. The van der Waals surface area contributed by atoms with Crippen molar-refractivity contribution in [1.82, 2.24) is 10.1 Å². The highest BCUT2D eigenvalue weighted by atomic mass is 16.5. The summed E-state index contributed by atoms with van der Waals surface area (Å²) < 4.78 is 11.8. The van der Waals surface area contributed by atoms with E-state index in [1.165, 1.54) is 19.3 Å². The minimum absolute atomic E-state index is 0.257. The summed E-state index contributed by atoms with van der Waals surface area (Å²) >= 11 is 0. The van der Waals surface area contributed by atoms with Crippen LogP contribution < -0.4 is 9.64 Å². The van der Waals surface area contributed by atoms with Crippen molar-refractivity contribution in [2.45, 2.75) is 45.8 Å². The average molecular weight is 464 g/mol. The molecule has 1 aromatic heterocycles. The van der Waals surface area contributed by atoms with Crippen molar-refractivity contribution in [3.63, 3.8) is 0 Å². The fraction of sp³-hybridized carbons (Fsp3) is 0.464. The molecule has 0 aliphatic carbocycles. The number of aromatic nitrogens is 1. The number of ether oxygens (including phenoxy) is 1. The Morgan fingerprint density at radius 3 is 2.32 bits per heavy atom. The summed E-state index contributed by atoms with van der Waals surface area (Å²) in [5.74, 6) is 2.11. The molecule has 182 valence electrons. The lowest BCUT2D eigenvalue weighted by Crippen LogP contribution is -2.38. The maximum absolute atomic E-state index is 10.8. The average Bonchev–Trinajstić information content (AvgIpc) is 3.27. The smallest absolute Gasteiger partial charge is 0.232 e. The Balaban J connectivity index is 1.53. The van der Waals surface area contributed by atoms with Gasteiger partial charge < -0.3 is 19.3 Å². The van der Waals surface area contributed by atoms with Crippen LogP contribution in [0.2, 0.25) is 0 Å². The van der Waals surface area contributed by atoms with E-state index in [1.807, 2.05) is 48.5 Å². The zero-order valence-corrected chi connectivity index (χ0v) is 20.4. The van der Waals surface area contributed by atoms with Crippen LogP contribution in [0, 0.1) is 5.92 Å². The lowest BCUT2D eigenvalue weighted by Gasteiger charge is -2.30. The van der Waals surface area contributed by atoms with Crippen LogP contribution in [0.5, 0.6) is 5.75 Å². The zero-order valence-electron chi connectivity index (χ0n) is 20.4. The first-order valence-corrected chi connectivity index (χ1v) is 12.5. The minimum Gasteiger partial charge on any atom is -0.491 e. The number of anilines is 1. The van der Waals surface area contributed by atoms with Crippen LogP contribution >= 0.6 is 0 Å². The molecule has 0 unspecified atom stereocenters. The van der Waals surface area contributed by atoms with E-state index >= 15 is 0 Å². The van der Waals surface area contributed by atoms with Crippen LogP contribution in [-0.4, -0.2) is 54.1 Å². The summed E-state index contributed by atoms with van der Waals surface area (Å²) in [4.78, 5) is 4.64. The van der Waals surface area contributed by atoms with Crippen LogP contribution in [0.25, 0.3) is 11.3 Å². The molecule has 4 rings (SSSR count). The van der Waals surface area contributed by atoms with Gasteiger partial charge in [-0.3, -0.25) is 4.90 Å². The van der Waals surface area contributed by atoms with E-state index in [0.717, 1.165) is 48.1 Å². The van der Waals surface area contributed by atoms with Gasteiger partial charge in [0.15, 0.2) is 0 Å². The van der Waals surface area contributed by atoms with Gasteiger partial charge in [0.1, 0.15) is 24.2 Å². The molecule has 1 aliphatic heterocycles. The molecule has 0 saturated carbocycles. The summed E-state index contributed by atoms with van der Waals surface area (Å²) in [5.41, 5.74) is 3.05. The Hall–Kier alpha value is -2.83. The van der Waals surface area contributed by atoms with E-state index in [4.69, 9.17) is 9.26 Å². The molecular weight excluding hydrogens is 426 g/mol. The highest BCUT2D eigenvalue weighted by Crippen LogP contribution is 2.34. The Morgan fingerprint density at radius 2 is 1.65 bits per heavy atom. The van der Waals surface area contributed by atoms with Crippen LogP contribution in [0.4, 0.5) is 5.88 Å². The molecule has 1 atom stereocenters. The number of benzene rings is 2. The van der Waals surface area contributed by atoms with Crippen LogP contribution in [-0.2, 0) is 6.54 Å². The molecule has 0 bridgehead atoms. The molecule has 0 spiro atoms. The van der Waals surface area contributed by atoms with Crippen molar-refractivity contribution in [3.8, 4) is 17.0 Å². The third kappa shape index (κ3) is 6.61. The third-order valence-corrected chi connectivity index (χ3v) is 6.12. The fourth-order valence-electron chi connectivity index (χ4n) is 4.61. The molecule has 6 nitrogen and oxygen atoms in total. The largest absolute Gasteiger partial charge is 0.491 e. The standard InChI is InChI=1S/C28H37N3O3/c1-22(2)18-30(19-24(32)21-33-25-14-8-4-9-15-25)20-26-27(23-12-6-3-7-13-23)29-34-28(26)31-16-10-5-11-17-31/h3-4,6-9,12-15,22,24,32H,5,10-11,16-21H2,1-2H3/t24-/m0/s1. The summed E-state index contributed by atoms with van der Waals surface area (Å²) in [5, 5.41) is 15.3. The van der Waals surface area contributed by atoms with Gasteiger partial charge >= 0.3 is 0 Å². The predicted molar refractivity (Wildman–Crippen MR) is 136 cm³/mol. The number of piperidine rings is 1. The zero-order chi connectivity index (χ0) is 23.8. The van der Waals surface area contributed by atoms with Crippen molar-refractivity contribution in [1.29, 1.82) is 0 Å². The van der Waals surface area contributed by atoms with Gasteiger partial charge in [0, 0.05) is 38.3 Å². The maximum Gasteiger partial charge on any atom is 0.232 e. The monoisotopic (exact) mass is 463 g/mol. The number of rotatable bonds is 11. The molecule has 0 radical (unpaired) electrons. The van der Waals surface area contributed by atoms with E-state index in [1.54, 1.807) is 0 Å². The lowest BCUT2D eigenvalue weighted by molar-refractivity contribution is 0.0615. The van der Waals surface area contributed by atoms with Crippen LogP contribution in [0.1, 0.15) is 38.7 Å². The number of aliphatic hydroxyl groups excluding tert-OH is 1. The van der Waals surface area contributed by atoms with Gasteiger partial charge in [-0.25, -0.2) is 0 Å². The molecule has 2 heterocycles. The summed E-state index contributed by atoms with van der Waals surface area (Å²) in [6.07, 6.45) is 3.01. The van der Waals surface area contributed by atoms with Crippen molar-refractivity contribution in [3.05, 3.63) is 66.2 Å². The Morgan fingerprint density at radius 1 is 0.971 bits per heavy atom. The Labute approximate surface area is 203 Å². The second kappa shape index (κ2) is 12.0. The molecule has 6 heteroatoms. The fourth-order valence-corrected chi connectivity index (χ4v) is 4.61. The molecule has 0 amide bonds. The number of nitrogens with zero attached hydrogens (tertiary/aromatic N) is 3. The number of aliphatic hydroxyl groups is 1. The van der Waals surface area contributed by atoms with Crippen molar-refractivity contribution in [2.75, 3.05) is 37.7 Å². The Bertz CT molecular complexity index is 985. The quantitative estimate of drug-likeness (QED) is 0.420. The normalized spacial score (nSPS) is 15.1. The van der Waals surface area contributed by atoms with E-state index < -0.39 is 6.10 Å². The number of para-hydroxylation sites is 1. The first-order valence-electron chi connectivity index (χ1n) is 12.5. The summed E-state index contributed by atoms with van der Waals surface area (Å²) in [6, 6.07) is 19.9. The lowest BCUT2D eigenvalue weighted by atomic mass is 10.0. The summed E-state index contributed by atoms with van der Waals surface area (Å²) in [7, 11) is 0. The van der Waals surface area contributed by atoms with Crippen molar-refractivity contribution in [2.24, 2.45) is 5.92 Å². The number of hydrogen-bond donors (Lipinski definition) is 1. The molecule has 34 heavy (non-hydrogen) atoms.